The molecule has 1 aliphatic rings. The van der Waals surface area contributed by atoms with Gasteiger partial charge in [-0.3, -0.25) is 4.79 Å². The van der Waals surface area contributed by atoms with E-state index in [1.807, 2.05) is 6.07 Å². The lowest BCUT2D eigenvalue weighted by molar-refractivity contribution is -0.128. The quantitative estimate of drug-likeness (QED) is 0.717. The average Bonchev–Trinajstić information content (AvgIpc) is 2.47. The molecule has 6 heteroatoms. The van der Waals surface area contributed by atoms with Crippen LogP contribution in [0.5, 0.6) is 0 Å². The van der Waals surface area contributed by atoms with Crippen LogP contribution in [0.15, 0.2) is 0 Å². The van der Waals surface area contributed by atoms with E-state index >= 15 is 0 Å². The molecule has 0 spiro atoms. The van der Waals surface area contributed by atoms with Gasteiger partial charge < -0.3 is 15.0 Å². The van der Waals surface area contributed by atoms with Crippen molar-refractivity contribution in [3.05, 3.63) is 0 Å². The van der Waals surface area contributed by atoms with Gasteiger partial charge in [0.25, 0.3) is 0 Å². The lowest BCUT2D eigenvalue weighted by atomic mass is 10.2. The number of nitrogens with one attached hydrogen (secondary N) is 1. The van der Waals surface area contributed by atoms with Crippen LogP contribution >= 0.6 is 0 Å². The van der Waals surface area contributed by atoms with E-state index in [1.165, 1.54) is 4.90 Å². The van der Waals surface area contributed by atoms with Gasteiger partial charge in [-0.15, -0.1) is 0 Å². The first-order chi connectivity index (χ1) is 7.83. The molecule has 94 valence electrons. The first-order valence-corrected chi connectivity index (χ1v) is 5.49. The lowest BCUT2D eigenvalue weighted by Gasteiger charge is -2.21. The molecule has 1 heterocycles. The molecule has 17 heavy (non-hydrogen) atoms. The number of likely N-dealkylation sites (tertiary alicyclic amines) is 1. The molecule has 2 amide bonds. The van der Waals surface area contributed by atoms with Crippen molar-refractivity contribution in [2.24, 2.45) is 0 Å². The van der Waals surface area contributed by atoms with E-state index in [-0.39, 0.29) is 12.5 Å². The summed E-state index contributed by atoms with van der Waals surface area (Å²) < 4.78 is 5.06. The maximum atomic E-state index is 11.7. The van der Waals surface area contributed by atoms with Crippen molar-refractivity contribution in [1.82, 2.24) is 10.2 Å². The highest BCUT2D eigenvalue weighted by Crippen LogP contribution is 2.12. The third kappa shape index (κ3) is 3.94. The molecule has 0 aliphatic carbocycles. The van der Waals surface area contributed by atoms with Gasteiger partial charge in [0.2, 0.25) is 5.91 Å². The molecule has 0 aromatic heterocycles. The van der Waals surface area contributed by atoms with Crippen LogP contribution in [0, 0.1) is 11.3 Å². The van der Waals surface area contributed by atoms with Crippen LogP contribution in [-0.2, 0) is 9.53 Å². The third-order valence-electron chi connectivity index (χ3n) is 2.25. The molecular formula is C11H17N3O3. The van der Waals surface area contributed by atoms with Gasteiger partial charge >= 0.3 is 6.09 Å². The smallest absolute Gasteiger partial charge is 0.408 e. The highest BCUT2D eigenvalue weighted by Gasteiger charge is 2.33. The Labute approximate surface area is 101 Å². The molecule has 6 nitrogen and oxygen atoms in total. The van der Waals surface area contributed by atoms with E-state index in [2.05, 4.69) is 5.32 Å². The Balaban J connectivity index is 2.47. The van der Waals surface area contributed by atoms with Gasteiger partial charge in [0.1, 0.15) is 18.2 Å². The molecule has 0 saturated carbocycles. The predicted octanol–water partition coefficient (Wildman–Crippen LogP) is 0.636. The van der Waals surface area contributed by atoms with Crippen molar-refractivity contribution >= 4 is 12.0 Å². The number of carbonyl (C=O) groups excluding carboxylic acids is 2. The lowest BCUT2D eigenvalue weighted by Crippen LogP contribution is -2.43. The minimum absolute atomic E-state index is 0.0608. The topological polar surface area (TPSA) is 82.4 Å². The fourth-order valence-electron chi connectivity index (χ4n) is 1.57. The van der Waals surface area contributed by atoms with Crippen LogP contribution < -0.4 is 5.32 Å². The molecule has 1 unspecified atom stereocenters. The monoisotopic (exact) mass is 239 g/mol. The number of rotatable bonds is 2. The Hall–Kier alpha value is -1.77. The Bertz CT molecular complexity index is 354. The molecule has 0 aromatic rings. The van der Waals surface area contributed by atoms with Gasteiger partial charge in [0.05, 0.1) is 6.07 Å². The van der Waals surface area contributed by atoms with E-state index in [9.17, 15) is 9.59 Å². The number of nitrogens with zero attached hydrogens (tertiary/aromatic N) is 2. The Kier molecular flexibility index (Phi) is 3.94. The molecular weight excluding hydrogens is 222 g/mol. The summed E-state index contributed by atoms with van der Waals surface area (Å²) in [5.74, 6) is -0.225. The third-order valence-corrected chi connectivity index (χ3v) is 2.25. The van der Waals surface area contributed by atoms with Crippen molar-refractivity contribution in [3.8, 4) is 6.07 Å². The van der Waals surface area contributed by atoms with Gasteiger partial charge in [-0.2, -0.15) is 5.26 Å². The number of carbonyl (C=O) groups is 2. The zero-order valence-corrected chi connectivity index (χ0v) is 10.3. The highest BCUT2D eigenvalue weighted by molar-refractivity contribution is 5.87. The summed E-state index contributed by atoms with van der Waals surface area (Å²) in [5.41, 5.74) is -0.585. The fourth-order valence-corrected chi connectivity index (χ4v) is 1.57. The van der Waals surface area contributed by atoms with Crippen LogP contribution in [0.4, 0.5) is 4.79 Å². The highest BCUT2D eigenvalue weighted by atomic mass is 16.6. The molecule has 1 rings (SSSR count). The molecule has 1 atom stereocenters. The fraction of sp³-hybridized carbons (Fsp3) is 0.727. The van der Waals surface area contributed by atoms with Gasteiger partial charge in [0, 0.05) is 6.54 Å². The van der Waals surface area contributed by atoms with Crippen LogP contribution in [0.1, 0.15) is 27.2 Å². The van der Waals surface area contributed by atoms with Gasteiger partial charge in [0.15, 0.2) is 0 Å². The van der Waals surface area contributed by atoms with Crippen molar-refractivity contribution in [1.29, 1.82) is 5.26 Å². The summed E-state index contributed by atoms with van der Waals surface area (Å²) in [5, 5.41) is 11.0. The minimum atomic E-state index is -0.602. The first-order valence-electron chi connectivity index (χ1n) is 5.49. The molecule has 0 aromatic carbocycles. The molecule has 0 bridgehead atoms. The first kappa shape index (κ1) is 13.3. The summed E-state index contributed by atoms with van der Waals surface area (Å²) in [4.78, 5) is 24.6. The van der Waals surface area contributed by atoms with E-state index in [1.54, 1.807) is 20.8 Å². The van der Waals surface area contributed by atoms with Crippen molar-refractivity contribution < 1.29 is 14.3 Å². The molecule has 1 fully saturated rings. The largest absolute Gasteiger partial charge is 0.444 e. The van der Waals surface area contributed by atoms with Crippen LogP contribution in [0.25, 0.3) is 0 Å². The summed E-state index contributed by atoms with van der Waals surface area (Å²) in [6, 6.07) is 1.34. The van der Waals surface area contributed by atoms with Gasteiger partial charge in [-0.05, 0) is 27.2 Å². The van der Waals surface area contributed by atoms with Crippen molar-refractivity contribution in [2.45, 2.75) is 38.8 Å². The zero-order valence-electron chi connectivity index (χ0n) is 10.3. The number of alkyl carbamates (subject to hydrolysis) is 1. The maximum absolute atomic E-state index is 11.7. The van der Waals surface area contributed by atoms with Crippen LogP contribution in [0.3, 0.4) is 0 Å². The number of ether oxygens (including phenoxy) is 1. The van der Waals surface area contributed by atoms with E-state index in [4.69, 9.17) is 10.00 Å². The normalized spacial score (nSPS) is 20.0. The van der Waals surface area contributed by atoms with E-state index < -0.39 is 17.7 Å². The summed E-state index contributed by atoms with van der Waals surface area (Å²) in [6.07, 6.45) is -0.0885. The van der Waals surface area contributed by atoms with Gasteiger partial charge in [-0.1, -0.05) is 0 Å². The second-order valence-corrected chi connectivity index (χ2v) is 4.91. The molecule has 1 N–H and O–H groups in total. The number of hydrogen-bond acceptors (Lipinski definition) is 4. The Morgan fingerprint density at radius 2 is 2.29 bits per heavy atom. The zero-order chi connectivity index (χ0) is 13.1. The van der Waals surface area contributed by atoms with Crippen LogP contribution in [-0.4, -0.2) is 41.6 Å². The van der Waals surface area contributed by atoms with E-state index in [0.29, 0.717) is 13.0 Å². The second kappa shape index (κ2) is 5.04. The van der Waals surface area contributed by atoms with E-state index in [0.717, 1.165) is 0 Å². The maximum Gasteiger partial charge on any atom is 0.408 e. The van der Waals surface area contributed by atoms with Crippen LogP contribution in [0.2, 0.25) is 0 Å². The SMILES string of the molecule is CC(C)(C)OC(=O)NC1CCN(CC#N)C1=O. The number of amides is 2. The van der Waals surface area contributed by atoms with Crippen molar-refractivity contribution in [3.63, 3.8) is 0 Å². The Morgan fingerprint density at radius 3 is 2.82 bits per heavy atom. The number of hydrogen-bond donors (Lipinski definition) is 1. The summed E-state index contributed by atoms with van der Waals surface area (Å²) in [7, 11) is 0. The summed E-state index contributed by atoms with van der Waals surface area (Å²) in [6.45, 7) is 5.82. The predicted molar refractivity (Wildman–Crippen MR) is 60.0 cm³/mol. The standard InChI is InChI=1S/C11H17N3O3/c1-11(2,3)17-10(16)13-8-4-6-14(7-5-12)9(8)15/h8H,4,6-7H2,1-3H3,(H,13,16). The number of nitriles is 1. The summed E-state index contributed by atoms with van der Waals surface area (Å²) >= 11 is 0. The molecule has 1 saturated heterocycles. The minimum Gasteiger partial charge on any atom is -0.444 e. The molecule has 0 radical (unpaired) electrons. The Morgan fingerprint density at radius 1 is 1.65 bits per heavy atom. The van der Waals surface area contributed by atoms with Gasteiger partial charge in [-0.25, -0.2) is 4.79 Å². The van der Waals surface area contributed by atoms with Crippen molar-refractivity contribution in [2.75, 3.05) is 13.1 Å². The average molecular weight is 239 g/mol. The second-order valence-electron chi connectivity index (χ2n) is 4.91. The molecule has 1 aliphatic heterocycles.